The van der Waals surface area contributed by atoms with Crippen LogP contribution in [0.5, 0.6) is 0 Å². The van der Waals surface area contributed by atoms with Gasteiger partial charge in [0.05, 0.1) is 6.54 Å². The number of carbonyl (C=O) groups excluding carboxylic acids is 2. The van der Waals surface area contributed by atoms with Gasteiger partial charge < -0.3 is 10.2 Å². The second-order valence-electron chi connectivity index (χ2n) is 5.39. The molecule has 108 valence electrons. The van der Waals surface area contributed by atoms with Crippen molar-refractivity contribution >= 4 is 11.8 Å². The van der Waals surface area contributed by atoms with Gasteiger partial charge in [-0.2, -0.15) is 0 Å². The van der Waals surface area contributed by atoms with Crippen LogP contribution >= 0.6 is 0 Å². The van der Waals surface area contributed by atoms with E-state index in [9.17, 15) is 9.59 Å². The zero-order valence-electron chi connectivity index (χ0n) is 12.0. The Morgan fingerprint density at radius 2 is 2.15 bits per heavy atom. The Hall–Kier alpha value is -1.84. The van der Waals surface area contributed by atoms with Crippen molar-refractivity contribution in [2.75, 3.05) is 13.1 Å². The second-order valence-corrected chi connectivity index (χ2v) is 5.39. The average molecular weight is 274 g/mol. The molecule has 4 nitrogen and oxygen atoms in total. The third-order valence-corrected chi connectivity index (χ3v) is 3.58. The molecule has 0 saturated carbocycles. The van der Waals surface area contributed by atoms with Gasteiger partial charge in [-0.3, -0.25) is 9.59 Å². The van der Waals surface area contributed by atoms with Gasteiger partial charge in [0.15, 0.2) is 0 Å². The highest BCUT2D eigenvalue weighted by Crippen LogP contribution is 2.10. The lowest BCUT2D eigenvalue weighted by atomic mass is 10.1. The van der Waals surface area contributed by atoms with Gasteiger partial charge in [0.2, 0.25) is 11.8 Å². The van der Waals surface area contributed by atoms with E-state index in [4.69, 9.17) is 0 Å². The number of nitrogens with zero attached hydrogens (tertiary/aromatic N) is 1. The normalized spacial score (nSPS) is 15.8. The summed E-state index contributed by atoms with van der Waals surface area (Å²) in [7, 11) is 0. The van der Waals surface area contributed by atoms with E-state index >= 15 is 0 Å². The van der Waals surface area contributed by atoms with Crippen LogP contribution in [0.1, 0.15) is 36.8 Å². The Bertz CT molecular complexity index is 485. The molecule has 2 amide bonds. The monoisotopic (exact) mass is 274 g/mol. The van der Waals surface area contributed by atoms with Crippen molar-refractivity contribution in [3.63, 3.8) is 0 Å². The van der Waals surface area contributed by atoms with E-state index in [1.54, 1.807) is 4.90 Å². The average Bonchev–Trinajstić information content (AvgIpc) is 2.62. The Kier molecular flexibility index (Phi) is 5.16. The third-order valence-electron chi connectivity index (χ3n) is 3.58. The number of hydrogen-bond acceptors (Lipinski definition) is 2. The van der Waals surface area contributed by atoms with Gasteiger partial charge in [0, 0.05) is 19.5 Å². The standard InChI is InChI=1S/C16H22N2O2/c1-13-6-5-7-14(10-13)11-17-15(19)12-18-9-4-2-3-8-16(18)20/h5-7,10H,2-4,8-9,11-12H2,1H3,(H,17,19). The molecule has 0 radical (unpaired) electrons. The largest absolute Gasteiger partial charge is 0.350 e. The molecule has 20 heavy (non-hydrogen) atoms. The fourth-order valence-corrected chi connectivity index (χ4v) is 2.46. The molecule has 1 aliphatic heterocycles. The molecule has 1 aliphatic rings. The molecule has 0 bridgehead atoms. The van der Waals surface area contributed by atoms with Gasteiger partial charge >= 0.3 is 0 Å². The summed E-state index contributed by atoms with van der Waals surface area (Å²) in [5, 5.41) is 2.88. The molecule has 0 unspecified atom stereocenters. The minimum atomic E-state index is -0.0817. The SMILES string of the molecule is Cc1cccc(CNC(=O)CN2CCCCCC2=O)c1. The van der Waals surface area contributed by atoms with Crippen molar-refractivity contribution in [3.05, 3.63) is 35.4 Å². The maximum Gasteiger partial charge on any atom is 0.239 e. The summed E-state index contributed by atoms with van der Waals surface area (Å²) in [5.74, 6) is 0.0231. The highest BCUT2D eigenvalue weighted by molar-refractivity contribution is 5.84. The van der Waals surface area contributed by atoms with Crippen molar-refractivity contribution in [1.82, 2.24) is 10.2 Å². The van der Waals surface area contributed by atoms with Crippen LogP contribution in [0, 0.1) is 6.92 Å². The van der Waals surface area contributed by atoms with E-state index in [1.807, 2.05) is 25.1 Å². The van der Waals surface area contributed by atoms with Crippen molar-refractivity contribution in [3.8, 4) is 0 Å². The number of benzene rings is 1. The van der Waals surface area contributed by atoms with Crippen LogP contribution < -0.4 is 5.32 Å². The highest BCUT2D eigenvalue weighted by Gasteiger charge is 2.18. The van der Waals surface area contributed by atoms with Crippen LogP contribution in [0.4, 0.5) is 0 Å². The number of likely N-dealkylation sites (tertiary alicyclic amines) is 1. The highest BCUT2D eigenvalue weighted by atomic mass is 16.2. The number of carbonyl (C=O) groups is 2. The maximum atomic E-state index is 11.9. The first-order valence-electron chi connectivity index (χ1n) is 7.25. The summed E-state index contributed by atoms with van der Waals surface area (Å²) in [6.45, 7) is 3.44. The van der Waals surface area contributed by atoms with Crippen LogP contribution in [0.3, 0.4) is 0 Å². The molecule has 0 aliphatic carbocycles. The molecule has 0 aromatic heterocycles. The van der Waals surface area contributed by atoms with Gasteiger partial charge in [-0.1, -0.05) is 36.2 Å². The predicted octanol–water partition coefficient (Wildman–Crippen LogP) is 2.01. The molecule has 0 spiro atoms. The zero-order valence-corrected chi connectivity index (χ0v) is 12.0. The summed E-state index contributed by atoms with van der Waals surface area (Å²) < 4.78 is 0. The number of aryl methyl sites for hydroxylation is 1. The lowest BCUT2D eigenvalue weighted by molar-refractivity contribution is -0.135. The zero-order chi connectivity index (χ0) is 14.4. The predicted molar refractivity (Wildman–Crippen MR) is 78.1 cm³/mol. The summed E-state index contributed by atoms with van der Waals surface area (Å²) in [6.07, 6.45) is 3.59. The molecule has 1 aromatic rings. The van der Waals surface area contributed by atoms with Gasteiger partial charge in [0.25, 0.3) is 0 Å². The summed E-state index contributed by atoms with van der Waals surface area (Å²) in [4.78, 5) is 25.4. The quantitative estimate of drug-likeness (QED) is 0.913. The molecule has 1 heterocycles. The second kappa shape index (κ2) is 7.08. The first-order valence-corrected chi connectivity index (χ1v) is 7.25. The fraction of sp³-hybridized carbons (Fsp3) is 0.500. The van der Waals surface area contributed by atoms with Gasteiger partial charge in [0.1, 0.15) is 0 Å². The van der Waals surface area contributed by atoms with E-state index in [2.05, 4.69) is 11.4 Å². The molecule has 0 atom stereocenters. The van der Waals surface area contributed by atoms with E-state index in [0.717, 1.165) is 24.8 Å². The van der Waals surface area contributed by atoms with Gasteiger partial charge in [-0.15, -0.1) is 0 Å². The minimum absolute atomic E-state index is 0.0817. The molecule has 1 aromatic carbocycles. The van der Waals surface area contributed by atoms with Crippen LogP contribution in [0.2, 0.25) is 0 Å². The molecule has 1 saturated heterocycles. The van der Waals surface area contributed by atoms with Crippen LogP contribution in [-0.2, 0) is 16.1 Å². The van der Waals surface area contributed by atoms with Crippen molar-refractivity contribution < 1.29 is 9.59 Å². The summed E-state index contributed by atoms with van der Waals surface area (Å²) in [6, 6.07) is 8.05. The Labute approximate surface area is 120 Å². The number of hydrogen-bond donors (Lipinski definition) is 1. The van der Waals surface area contributed by atoms with Gasteiger partial charge in [-0.25, -0.2) is 0 Å². The van der Waals surface area contributed by atoms with Gasteiger partial charge in [-0.05, 0) is 25.3 Å². The minimum Gasteiger partial charge on any atom is -0.350 e. The van der Waals surface area contributed by atoms with E-state index in [-0.39, 0.29) is 18.4 Å². The fourth-order valence-electron chi connectivity index (χ4n) is 2.46. The van der Waals surface area contributed by atoms with Crippen molar-refractivity contribution in [2.45, 2.75) is 39.2 Å². The van der Waals surface area contributed by atoms with Crippen LogP contribution in [0.25, 0.3) is 0 Å². The Balaban J connectivity index is 1.81. The van der Waals surface area contributed by atoms with Crippen LogP contribution in [-0.4, -0.2) is 29.8 Å². The first-order chi connectivity index (χ1) is 9.65. The topological polar surface area (TPSA) is 49.4 Å². The van der Waals surface area contributed by atoms with E-state index in [0.29, 0.717) is 19.5 Å². The summed E-state index contributed by atoms with van der Waals surface area (Å²) in [5.41, 5.74) is 2.26. The lowest BCUT2D eigenvalue weighted by Crippen LogP contribution is -2.40. The van der Waals surface area contributed by atoms with Crippen molar-refractivity contribution in [2.24, 2.45) is 0 Å². The summed E-state index contributed by atoms with van der Waals surface area (Å²) >= 11 is 0. The lowest BCUT2D eigenvalue weighted by Gasteiger charge is -2.19. The Morgan fingerprint density at radius 1 is 1.30 bits per heavy atom. The molecule has 1 N–H and O–H groups in total. The third kappa shape index (κ3) is 4.37. The van der Waals surface area contributed by atoms with Crippen LogP contribution in [0.15, 0.2) is 24.3 Å². The smallest absolute Gasteiger partial charge is 0.239 e. The van der Waals surface area contributed by atoms with Crippen molar-refractivity contribution in [1.29, 1.82) is 0 Å². The first kappa shape index (κ1) is 14.6. The Morgan fingerprint density at radius 3 is 2.95 bits per heavy atom. The molecule has 1 fully saturated rings. The van der Waals surface area contributed by atoms with E-state index < -0.39 is 0 Å². The maximum absolute atomic E-state index is 11.9. The number of nitrogens with one attached hydrogen (secondary N) is 1. The molecular formula is C16H22N2O2. The van der Waals surface area contributed by atoms with E-state index in [1.165, 1.54) is 5.56 Å². The molecule has 2 rings (SSSR count). The molecular weight excluding hydrogens is 252 g/mol. The number of rotatable bonds is 4. The number of amides is 2. The molecule has 4 heteroatoms.